The van der Waals surface area contributed by atoms with Crippen LogP contribution in [0.25, 0.3) is 0 Å². The molecule has 0 aliphatic carbocycles. The van der Waals surface area contributed by atoms with Gasteiger partial charge in [0.1, 0.15) is 0 Å². The van der Waals surface area contributed by atoms with Gasteiger partial charge in [0.2, 0.25) is 0 Å². The van der Waals surface area contributed by atoms with E-state index in [4.69, 9.17) is 11.6 Å². The fraction of sp³-hybridized carbons (Fsp3) is 0.714. The zero-order chi connectivity index (χ0) is 9.68. The average molecular weight is 222 g/mol. The van der Waals surface area contributed by atoms with Crippen molar-refractivity contribution in [3.63, 3.8) is 0 Å². The predicted octanol–water partition coefficient (Wildman–Crippen LogP) is 1.76. The molecule has 0 fully saturated rings. The molecule has 4 nitrogen and oxygen atoms in total. The Kier molecular flexibility index (Phi) is 4.41. The van der Waals surface area contributed by atoms with Crippen molar-refractivity contribution in [2.75, 3.05) is 11.9 Å². The summed E-state index contributed by atoms with van der Waals surface area (Å²) in [6.07, 6.45) is 1.40. The quantitative estimate of drug-likeness (QED) is 0.796. The summed E-state index contributed by atoms with van der Waals surface area (Å²) in [5, 5.41) is 12.7. The molecule has 1 aromatic heterocycles. The van der Waals surface area contributed by atoms with Gasteiger partial charge in [-0.25, -0.2) is 0 Å². The van der Waals surface area contributed by atoms with Gasteiger partial charge in [-0.3, -0.25) is 0 Å². The first-order valence-corrected chi connectivity index (χ1v) is 5.24. The van der Waals surface area contributed by atoms with Crippen LogP contribution in [0.2, 0.25) is 5.15 Å². The lowest BCUT2D eigenvalue weighted by atomic mass is 10.2. The molecule has 0 bridgehead atoms. The summed E-state index contributed by atoms with van der Waals surface area (Å²) < 4.78 is 7.72. The van der Waals surface area contributed by atoms with Crippen molar-refractivity contribution in [1.29, 1.82) is 0 Å². The molecule has 1 aromatic rings. The van der Waals surface area contributed by atoms with E-state index in [-0.39, 0.29) is 6.10 Å². The lowest BCUT2D eigenvalue weighted by Crippen LogP contribution is -2.19. The summed E-state index contributed by atoms with van der Waals surface area (Å²) in [5.41, 5.74) is 0. The van der Waals surface area contributed by atoms with E-state index in [0.29, 0.717) is 17.5 Å². The molecule has 6 heteroatoms. The van der Waals surface area contributed by atoms with Gasteiger partial charge in [0.25, 0.3) is 0 Å². The smallest absolute Gasteiger partial charge is 0.186 e. The molecule has 1 unspecified atom stereocenters. The Morgan fingerprint density at radius 2 is 2.38 bits per heavy atom. The number of hydrogen-bond donors (Lipinski definition) is 2. The van der Waals surface area contributed by atoms with E-state index in [9.17, 15) is 5.11 Å². The molecule has 0 saturated heterocycles. The second kappa shape index (κ2) is 5.36. The first kappa shape index (κ1) is 10.7. The molecule has 1 heterocycles. The van der Waals surface area contributed by atoms with E-state index < -0.39 is 0 Å². The van der Waals surface area contributed by atoms with E-state index in [0.717, 1.165) is 24.6 Å². The summed E-state index contributed by atoms with van der Waals surface area (Å²) in [6.45, 7) is 2.50. The summed E-state index contributed by atoms with van der Waals surface area (Å²) in [5.74, 6) is 0.557. The zero-order valence-electron chi connectivity index (χ0n) is 7.33. The van der Waals surface area contributed by atoms with Crippen molar-refractivity contribution < 1.29 is 5.11 Å². The molecule has 0 spiro atoms. The maximum atomic E-state index is 9.39. The Hall–Kier alpha value is -0.390. The van der Waals surface area contributed by atoms with Crippen molar-refractivity contribution in [2.24, 2.45) is 0 Å². The standard InChI is InChI=1S/C7H12ClN3OS/c1-2-3-5(12)4-9-7-6(8)10-13-11-7/h5,12H,2-4H2,1H3,(H,9,11). The zero-order valence-corrected chi connectivity index (χ0v) is 8.90. The second-order valence-corrected chi connectivity index (χ2v) is 3.61. The van der Waals surface area contributed by atoms with E-state index >= 15 is 0 Å². The normalized spacial score (nSPS) is 12.8. The largest absolute Gasteiger partial charge is 0.391 e. The number of aliphatic hydroxyl groups excluding tert-OH is 1. The summed E-state index contributed by atoms with van der Waals surface area (Å²) in [7, 11) is 0. The highest BCUT2D eigenvalue weighted by atomic mass is 35.5. The monoisotopic (exact) mass is 221 g/mol. The maximum Gasteiger partial charge on any atom is 0.186 e. The summed E-state index contributed by atoms with van der Waals surface area (Å²) >= 11 is 6.75. The van der Waals surface area contributed by atoms with Crippen molar-refractivity contribution in [1.82, 2.24) is 8.75 Å². The number of rotatable bonds is 5. The molecule has 0 radical (unpaired) electrons. The summed E-state index contributed by atoms with van der Waals surface area (Å²) in [6, 6.07) is 0. The molecular weight excluding hydrogens is 210 g/mol. The number of nitrogens with zero attached hydrogens (tertiary/aromatic N) is 2. The molecule has 1 rings (SSSR count). The van der Waals surface area contributed by atoms with E-state index in [2.05, 4.69) is 14.1 Å². The van der Waals surface area contributed by atoms with Crippen LogP contribution in [-0.2, 0) is 0 Å². The van der Waals surface area contributed by atoms with E-state index in [1.165, 1.54) is 0 Å². The molecule has 0 saturated carbocycles. The predicted molar refractivity (Wildman–Crippen MR) is 54.3 cm³/mol. The fourth-order valence-electron chi connectivity index (χ4n) is 0.933. The lowest BCUT2D eigenvalue weighted by Gasteiger charge is -2.09. The third kappa shape index (κ3) is 3.46. The Bertz CT molecular complexity index is 256. The third-order valence-corrected chi connectivity index (χ3v) is 2.47. The number of halogens is 1. The van der Waals surface area contributed by atoms with Crippen LogP contribution in [0.3, 0.4) is 0 Å². The molecule has 13 heavy (non-hydrogen) atoms. The molecule has 1 atom stereocenters. The van der Waals surface area contributed by atoms with Crippen LogP contribution >= 0.6 is 23.3 Å². The number of aliphatic hydroxyl groups is 1. The SMILES string of the molecule is CCCC(O)CNc1nsnc1Cl. The van der Waals surface area contributed by atoms with Gasteiger partial charge in [-0.05, 0) is 6.42 Å². The molecule has 0 aliphatic rings. The number of hydrogen-bond acceptors (Lipinski definition) is 5. The molecular formula is C7H12ClN3OS. The summed E-state index contributed by atoms with van der Waals surface area (Å²) in [4.78, 5) is 0. The minimum absolute atomic E-state index is 0.345. The highest BCUT2D eigenvalue weighted by molar-refractivity contribution is 6.99. The molecule has 0 aromatic carbocycles. The van der Waals surface area contributed by atoms with Crippen LogP contribution in [0.15, 0.2) is 0 Å². The van der Waals surface area contributed by atoms with Gasteiger partial charge in [-0.1, -0.05) is 24.9 Å². The van der Waals surface area contributed by atoms with Gasteiger partial charge < -0.3 is 10.4 Å². The Labute approximate surface area is 86.3 Å². The lowest BCUT2D eigenvalue weighted by molar-refractivity contribution is 0.176. The highest BCUT2D eigenvalue weighted by Crippen LogP contribution is 2.17. The van der Waals surface area contributed by atoms with Crippen molar-refractivity contribution in [3.8, 4) is 0 Å². The highest BCUT2D eigenvalue weighted by Gasteiger charge is 2.07. The number of aromatic nitrogens is 2. The second-order valence-electron chi connectivity index (χ2n) is 2.73. The Morgan fingerprint density at radius 3 is 2.92 bits per heavy atom. The van der Waals surface area contributed by atoms with Gasteiger partial charge >= 0.3 is 0 Å². The first-order valence-electron chi connectivity index (χ1n) is 4.14. The van der Waals surface area contributed by atoms with Crippen LogP contribution in [0.4, 0.5) is 5.82 Å². The minimum atomic E-state index is -0.345. The van der Waals surface area contributed by atoms with Crippen LogP contribution in [0.1, 0.15) is 19.8 Å². The maximum absolute atomic E-state index is 9.39. The van der Waals surface area contributed by atoms with Gasteiger partial charge in [0, 0.05) is 6.54 Å². The van der Waals surface area contributed by atoms with E-state index in [1.807, 2.05) is 6.92 Å². The van der Waals surface area contributed by atoms with Crippen molar-refractivity contribution >= 4 is 29.1 Å². The van der Waals surface area contributed by atoms with Crippen LogP contribution in [0, 0.1) is 0 Å². The van der Waals surface area contributed by atoms with Crippen LogP contribution < -0.4 is 5.32 Å². The third-order valence-electron chi connectivity index (χ3n) is 1.58. The minimum Gasteiger partial charge on any atom is -0.391 e. The Balaban J connectivity index is 2.30. The van der Waals surface area contributed by atoms with Crippen molar-refractivity contribution in [3.05, 3.63) is 5.15 Å². The average Bonchev–Trinajstić information content (AvgIpc) is 2.48. The molecule has 0 amide bonds. The Morgan fingerprint density at radius 1 is 1.62 bits per heavy atom. The topological polar surface area (TPSA) is 58.0 Å². The van der Waals surface area contributed by atoms with Crippen molar-refractivity contribution in [2.45, 2.75) is 25.9 Å². The molecule has 2 N–H and O–H groups in total. The van der Waals surface area contributed by atoms with Gasteiger partial charge in [0.15, 0.2) is 11.0 Å². The van der Waals surface area contributed by atoms with Gasteiger partial charge in [0.05, 0.1) is 17.8 Å². The van der Waals surface area contributed by atoms with E-state index in [1.54, 1.807) is 0 Å². The van der Waals surface area contributed by atoms with Crippen LogP contribution in [-0.4, -0.2) is 26.5 Å². The van der Waals surface area contributed by atoms with Crippen LogP contribution in [0.5, 0.6) is 0 Å². The number of nitrogens with one attached hydrogen (secondary N) is 1. The number of anilines is 1. The van der Waals surface area contributed by atoms with Gasteiger partial charge in [-0.2, -0.15) is 8.75 Å². The molecule has 0 aliphatic heterocycles. The molecule has 74 valence electrons. The fourth-order valence-corrected chi connectivity index (χ4v) is 1.62. The van der Waals surface area contributed by atoms with Gasteiger partial charge in [-0.15, -0.1) is 0 Å². The first-order chi connectivity index (χ1) is 6.24.